The van der Waals surface area contributed by atoms with Gasteiger partial charge >= 0.3 is 0 Å². The van der Waals surface area contributed by atoms with Crippen LogP contribution in [-0.2, 0) is 6.42 Å². The van der Waals surface area contributed by atoms with Crippen molar-refractivity contribution in [3.8, 4) is 6.07 Å². The highest BCUT2D eigenvalue weighted by atomic mass is 19.1. The lowest BCUT2D eigenvalue weighted by Crippen LogP contribution is -2.34. The van der Waals surface area contributed by atoms with E-state index >= 15 is 0 Å². The second-order valence-corrected chi connectivity index (χ2v) is 17.8. The van der Waals surface area contributed by atoms with Crippen molar-refractivity contribution < 1.29 is 9.18 Å². The maximum absolute atomic E-state index is 13.3. The van der Waals surface area contributed by atoms with E-state index in [9.17, 15) is 9.18 Å². The van der Waals surface area contributed by atoms with Gasteiger partial charge in [0.25, 0.3) is 0 Å². The number of likely N-dealkylation sites (tertiary alicyclic amines) is 1. The molecule has 0 radical (unpaired) electrons. The highest BCUT2D eigenvalue weighted by Crippen LogP contribution is 2.35. The molecule has 2 heterocycles. The molecule has 7 rings (SSSR count). The maximum atomic E-state index is 13.3. The average molecular weight is 822 g/mol. The predicted molar refractivity (Wildman–Crippen MR) is 255 cm³/mol. The number of benzene rings is 2. The summed E-state index contributed by atoms with van der Waals surface area (Å²) in [5.74, 6) is 3.38. The summed E-state index contributed by atoms with van der Waals surface area (Å²) in [6.07, 6.45) is 25.6. The van der Waals surface area contributed by atoms with E-state index in [4.69, 9.17) is 5.26 Å². The maximum Gasteiger partial charge on any atom is 0.159 e. The molecular weight excluding hydrogens is 738 g/mol. The van der Waals surface area contributed by atoms with Crippen LogP contribution in [0.2, 0.25) is 0 Å². The Kier molecular flexibility index (Phi) is 26.6. The van der Waals surface area contributed by atoms with Crippen molar-refractivity contribution in [3.05, 3.63) is 111 Å². The van der Waals surface area contributed by atoms with Gasteiger partial charge in [-0.05, 0) is 151 Å². The Balaban J connectivity index is 0.000000269. The van der Waals surface area contributed by atoms with Crippen LogP contribution in [0.3, 0.4) is 0 Å². The number of ketones is 1. The lowest BCUT2D eigenvalue weighted by molar-refractivity contribution is 0.101. The highest BCUT2D eigenvalue weighted by Gasteiger charge is 2.23. The lowest BCUT2D eigenvalue weighted by Gasteiger charge is -2.32. The van der Waals surface area contributed by atoms with Crippen molar-refractivity contribution >= 4 is 5.78 Å². The van der Waals surface area contributed by atoms with Gasteiger partial charge in [0.2, 0.25) is 0 Å². The third-order valence-corrected chi connectivity index (χ3v) is 12.1. The Labute approximate surface area is 367 Å². The number of halogens is 1. The van der Waals surface area contributed by atoms with E-state index in [0.29, 0.717) is 17.4 Å². The molecule has 3 aromatic rings. The number of nitriles is 1. The molecule has 60 heavy (non-hydrogen) atoms. The molecule has 0 amide bonds. The van der Waals surface area contributed by atoms with E-state index in [0.717, 1.165) is 48.0 Å². The Morgan fingerprint density at radius 2 is 1.52 bits per heavy atom. The summed E-state index contributed by atoms with van der Waals surface area (Å²) < 4.78 is 13.3. The van der Waals surface area contributed by atoms with E-state index in [1.807, 2.05) is 52.0 Å². The van der Waals surface area contributed by atoms with Crippen LogP contribution in [-0.4, -0.2) is 35.3 Å². The number of Topliss-reactive ketones (excluding diaryl/α,β-unsaturated/α-hetero) is 1. The minimum absolute atomic E-state index is 0.133. The van der Waals surface area contributed by atoms with Crippen molar-refractivity contribution in [1.29, 1.82) is 5.26 Å². The second kappa shape index (κ2) is 30.4. The fourth-order valence-electron chi connectivity index (χ4n) is 7.19. The number of pyridine rings is 1. The first-order chi connectivity index (χ1) is 28.9. The number of carbonyl (C=O) groups is 1. The zero-order valence-corrected chi connectivity index (χ0v) is 39.9. The van der Waals surface area contributed by atoms with Crippen molar-refractivity contribution in [3.63, 3.8) is 0 Å². The number of unbranched alkanes of at least 4 members (excludes halogenated alkanes) is 1. The Morgan fingerprint density at radius 3 is 2.02 bits per heavy atom. The number of rotatable bonds is 13. The van der Waals surface area contributed by atoms with Crippen LogP contribution < -0.4 is 0 Å². The number of aryl methyl sites for hydroxylation is 3. The Hall–Kier alpha value is -3.62. The van der Waals surface area contributed by atoms with Crippen LogP contribution in [0.4, 0.5) is 4.39 Å². The van der Waals surface area contributed by atoms with E-state index in [1.54, 1.807) is 19.1 Å². The quantitative estimate of drug-likeness (QED) is 0.127. The molecule has 2 aromatic carbocycles. The molecule has 1 atom stereocenters. The summed E-state index contributed by atoms with van der Waals surface area (Å²) in [5, 5.41) is 8.53. The second-order valence-electron chi connectivity index (χ2n) is 17.8. The van der Waals surface area contributed by atoms with Crippen molar-refractivity contribution in [2.24, 2.45) is 17.8 Å². The van der Waals surface area contributed by atoms with Gasteiger partial charge in [-0.2, -0.15) is 5.26 Å². The third kappa shape index (κ3) is 22.8. The first-order valence-electron chi connectivity index (χ1n) is 24.0. The zero-order chi connectivity index (χ0) is 44.3. The van der Waals surface area contributed by atoms with Gasteiger partial charge in [-0.25, -0.2) is 4.39 Å². The summed E-state index contributed by atoms with van der Waals surface area (Å²) in [6, 6.07) is 18.8. The summed E-state index contributed by atoms with van der Waals surface area (Å²) in [6.45, 7) is 24.4. The van der Waals surface area contributed by atoms with Gasteiger partial charge < -0.3 is 0 Å². The van der Waals surface area contributed by atoms with Gasteiger partial charge in [0.1, 0.15) is 5.82 Å². The molecule has 0 N–H and O–H groups in total. The van der Waals surface area contributed by atoms with Gasteiger partial charge in [0, 0.05) is 29.4 Å². The van der Waals surface area contributed by atoms with Crippen molar-refractivity contribution in [2.45, 2.75) is 184 Å². The van der Waals surface area contributed by atoms with E-state index in [-0.39, 0.29) is 11.6 Å². The van der Waals surface area contributed by atoms with Crippen LogP contribution in [0.15, 0.2) is 66.2 Å². The minimum atomic E-state index is -0.231. The topological polar surface area (TPSA) is 57.0 Å². The molecule has 0 bridgehead atoms. The van der Waals surface area contributed by atoms with Crippen molar-refractivity contribution in [1.82, 2.24) is 9.88 Å². The summed E-state index contributed by atoms with van der Waals surface area (Å²) in [4.78, 5) is 18.2. The Bertz CT molecular complexity index is 1700. The third-order valence-electron chi connectivity index (χ3n) is 12.1. The molecule has 1 unspecified atom stereocenters. The van der Waals surface area contributed by atoms with Crippen LogP contribution >= 0.6 is 0 Å². The first-order valence-corrected chi connectivity index (χ1v) is 24.0. The zero-order valence-electron chi connectivity index (χ0n) is 39.9. The SMILES string of the molecule is C1CCC1.CC.CC(=O)c1ccc(C)c(C)c1.CC/C=C(/C)CN1CCC(c2cccc(C)n2)CC1.CCCCC(C)CCC1CC1.N#Cc1ccc(CC2CC2)c(F)c1. The molecule has 4 fully saturated rings. The number of hydrogen-bond donors (Lipinski definition) is 0. The van der Waals surface area contributed by atoms with E-state index in [2.05, 4.69) is 68.8 Å². The standard InChI is InChI=1S/C17H26N2.C11H10FN.C11H22.C10H12O.C4H8.C2H6/c1-4-6-14(2)13-19-11-9-16(10-12-19)17-8-5-7-15(3)18-17;12-11-6-9(7-13)3-4-10(11)5-8-1-2-8;1-3-4-5-10(2)6-7-11-8-9-11;1-7-4-5-10(9(3)11)6-8(7)2;1-2-4-3-1;1-2/h5-8,16H,4,9-13H2,1-3H3;3-4,6,8H,1-2,5H2;10-11H,3-9H2,1-2H3;4-6H,1-3H3;1-4H2;1-2H3/b14-6-;;;;;. The molecule has 1 aliphatic heterocycles. The molecule has 5 heteroatoms. The van der Waals surface area contributed by atoms with Crippen LogP contribution in [0.25, 0.3) is 0 Å². The largest absolute Gasteiger partial charge is 0.299 e. The van der Waals surface area contributed by atoms with Gasteiger partial charge in [0.05, 0.1) is 11.6 Å². The molecule has 3 aliphatic carbocycles. The molecule has 4 aliphatic rings. The molecule has 332 valence electrons. The summed E-state index contributed by atoms with van der Waals surface area (Å²) in [7, 11) is 0. The average Bonchev–Trinajstić information content (AvgIpc) is 4.17. The van der Waals surface area contributed by atoms with Gasteiger partial charge in [-0.3, -0.25) is 14.7 Å². The summed E-state index contributed by atoms with van der Waals surface area (Å²) in [5.41, 5.74) is 8.30. The monoisotopic (exact) mass is 822 g/mol. The molecule has 0 spiro atoms. The van der Waals surface area contributed by atoms with Crippen LogP contribution in [0.1, 0.15) is 201 Å². The lowest BCUT2D eigenvalue weighted by atomic mass is 9.92. The number of carbonyl (C=O) groups excluding carboxylic acids is 1. The predicted octanol–water partition coefficient (Wildman–Crippen LogP) is 15.7. The minimum Gasteiger partial charge on any atom is -0.299 e. The van der Waals surface area contributed by atoms with Gasteiger partial charge in [-0.1, -0.05) is 141 Å². The first kappa shape index (κ1) is 52.5. The van der Waals surface area contributed by atoms with Crippen molar-refractivity contribution in [2.75, 3.05) is 19.6 Å². The highest BCUT2D eigenvalue weighted by molar-refractivity contribution is 5.94. The molecule has 1 aromatic heterocycles. The van der Waals surface area contributed by atoms with Gasteiger partial charge in [0.15, 0.2) is 5.78 Å². The molecule has 1 saturated heterocycles. The Morgan fingerprint density at radius 1 is 0.867 bits per heavy atom. The normalized spacial score (nSPS) is 16.5. The molecule has 3 saturated carbocycles. The van der Waals surface area contributed by atoms with Gasteiger partial charge in [-0.15, -0.1) is 0 Å². The summed E-state index contributed by atoms with van der Waals surface area (Å²) >= 11 is 0. The van der Waals surface area contributed by atoms with Crippen LogP contribution in [0, 0.1) is 55.7 Å². The fourth-order valence-corrected chi connectivity index (χ4v) is 7.19. The number of aromatic nitrogens is 1. The number of hydrogen-bond acceptors (Lipinski definition) is 4. The van der Waals surface area contributed by atoms with E-state index < -0.39 is 0 Å². The number of piperidine rings is 1. The number of allylic oxidation sites excluding steroid dienone is 1. The number of nitrogens with zero attached hydrogens (tertiary/aromatic N) is 3. The molecule has 4 nitrogen and oxygen atoms in total. The van der Waals surface area contributed by atoms with Crippen LogP contribution in [0.5, 0.6) is 0 Å². The fraction of sp³-hybridized carbons (Fsp3) is 0.618. The smallest absolute Gasteiger partial charge is 0.159 e. The van der Waals surface area contributed by atoms with E-state index in [1.165, 1.54) is 138 Å². The molecular formula is C55H84FN3O.